The molecule has 0 unspecified atom stereocenters. The number of hydrogen-bond acceptors (Lipinski definition) is 7. The van der Waals surface area contributed by atoms with Gasteiger partial charge in [0.2, 0.25) is 0 Å². The maximum Gasteiger partial charge on any atom is 0.285 e. The summed E-state index contributed by atoms with van der Waals surface area (Å²) in [6.45, 7) is 8.56. The Morgan fingerprint density at radius 3 is 2.26 bits per heavy atom. The molecule has 2 aromatic heterocycles. The zero-order valence-corrected chi connectivity index (χ0v) is 18.5. The van der Waals surface area contributed by atoms with E-state index in [-0.39, 0.29) is 4.90 Å². The average molecular weight is 438 g/mol. The molecule has 1 aromatic carbocycles. The van der Waals surface area contributed by atoms with Gasteiger partial charge in [0.25, 0.3) is 10.0 Å². The molecular weight excluding hydrogens is 414 g/mol. The molecule has 2 aliphatic rings. The van der Waals surface area contributed by atoms with E-state index in [0.717, 1.165) is 23.0 Å². The minimum atomic E-state index is -3.61. The van der Waals surface area contributed by atoms with Crippen LogP contribution in [0.4, 0.5) is 5.82 Å². The van der Waals surface area contributed by atoms with Crippen molar-refractivity contribution in [1.82, 2.24) is 24.6 Å². The number of rotatable bonds is 2. The summed E-state index contributed by atoms with van der Waals surface area (Å²) in [7, 11) is -3.61. The summed E-state index contributed by atoms with van der Waals surface area (Å²) in [5.74, 6) is 2.81. The van der Waals surface area contributed by atoms with E-state index in [1.54, 1.807) is 12.1 Å². The molecule has 0 N–H and O–H groups in total. The van der Waals surface area contributed by atoms with Crippen molar-refractivity contribution < 1.29 is 8.42 Å². The molecule has 0 aliphatic carbocycles. The minimum Gasteiger partial charge on any atom is -0.353 e. The number of nitrogens with zero attached hydrogens (tertiary/aromatic N) is 7. The summed E-state index contributed by atoms with van der Waals surface area (Å²) in [6.07, 6.45) is 0. The van der Waals surface area contributed by atoms with E-state index in [0.29, 0.717) is 43.4 Å². The molecule has 5 rings (SSSR count). The largest absolute Gasteiger partial charge is 0.353 e. The summed E-state index contributed by atoms with van der Waals surface area (Å²) in [5.41, 5.74) is 2.64. The van der Waals surface area contributed by atoms with E-state index in [4.69, 9.17) is 0 Å². The molecule has 0 radical (unpaired) electrons. The third-order valence-corrected chi connectivity index (χ3v) is 6.88. The number of benzene rings is 1. The second-order valence-electron chi connectivity index (χ2n) is 7.83. The van der Waals surface area contributed by atoms with Crippen LogP contribution in [0.3, 0.4) is 0 Å². The van der Waals surface area contributed by atoms with Gasteiger partial charge in [0.05, 0.1) is 5.69 Å². The highest BCUT2D eigenvalue weighted by Crippen LogP contribution is 2.28. The molecule has 9 nitrogen and oxygen atoms in total. The van der Waals surface area contributed by atoms with E-state index in [2.05, 4.69) is 24.4 Å². The van der Waals surface area contributed by atoms with Crippen LogP contribution in [0.1, 0.15) is 22.8 Å². The van der Waals surface area contributed by atoms with E-state index in [1.807, 2.05) is 54.6 Å². The first-order chi connectivity index (χ1) is 14.8. The summed E-state index contributed by atoms with van der Waals surface area (Å²) >= 11 is 0. The Morgan fingerprint density at radius 2 is 1.55 bits per heavy atom. The molecule has 31 heavy (non-hydrogen) atoms. The highest BCUT2D eigenvalue weighted by molar-refractivity contribution is 7.90. The lowest BCUT2D eigenvalue weighted by Gasteiger charge is -2.36. The van der Waals surface area contributed by atoms with Crippen LogP contribution in [0.5, 0.6) is 0 Å². The van der Waals surface area contributed by atoms with Crippen LogP contribution in [0.15, 0.2) is 45.7 Å². The number of aryl methyl sites for hydroxylation is 3. The van der Waals surface area contributed by atoms with E-state index in [9.17, 15) is 8.42 Å². The first kappa shape index (κ1) is 19.7. The highest BCUT2D eigenvalue weighted by atomic mass is 32.2. The minimum absolute atomic E-state index is 0.286. The zero-order chi connectivity index (χ0) is 21.8. The predicted molar refractivity (Wildman–Crippen MR) is 117 cm³/mol. The van der Waals surface area contributed by atoms with Crippen molar-refractivity contribution in [2.24, 2.45) is 4.40 Å². The van der Waals surface area contributed by atoms with Crippen molar-refractivity contribution >= 4 is 21.7 Å². The van der Waals surface area contributed by atoms with Gasteiger partial charge in [-0.25, -0.2) is 14.6 Å². The number of fused-ring (bicyclic) bond motifs is 1. The molecule has 1 fully saturated rings. The Kier molecular flexibility index (Phi) is 4.54. The molecule has 0 atom stereocenters. The summed E-state index contributed by atoms with van der Waals surface area (Å²) in [6, 6.07) is 11.0. The number of amidine groups is 1. The summed E-state index contributed by atoms with van der Waals surface area (Å²) in [5, 5.41) is 4.53. The van der Waals surface area contributed by atoms with Crippen molar-refractivity contribution in [3.63, 3.8) is 0 Å². The third-order valence-electron chi connectivity index (χ3n) is 5.55. The molecule has 0 saturated carbocycles. The van der Waals surface area contributed by atoms with Crippen LogP contribution in [0, 0.1) is 20.8 Å². The molecule has 0 bridgehead atoms. The molecule has 2 aliphatic heterocycles. The van der Waals surface area contributed by atoms with Gasteiger partial charge in [0, 0.05) is 43.5 Å². The fourth-order valence-electron chi connectivity index (χ4n) is 4.13. The topological polar surface area (TPSA) is 96.6 Å². The number of sulfonamides is 1. The van der Waals surface area contributed by atoms with Crippen LogP contribution in [0.2, 0.25) is 0 Å². The lowest BCUT2D eigenvalue weighted by molar-refractivity contribution is 0.385. The molecule has 4 heterocycles. The lowest BCUT2D eigenvalue weighted by atomic mass is 10.1. The first-order valence-corrected chi connectivity index (χ1v) is 11.6. The molecule has 1 saturated heterocycles. The van der Waals surface area contributed by atoms with Gasteiger partial charge in [0.1, 0.15) is 16.5 Å². The zero-order valence-electron chi connectivity index (χ0n) is 17.6. The van der Waals surface area contributed by atoms with Gasteiger partial charge in [-0.15, -0.1) is 4.40 Å². The number of aromatic nitrogens is 4. The molecule has 0 amide bonds. The van der Waals surface area contributed by atoms with Gasteiger partial charge in [-0.2, -0.15) is 13.5 Å². The van der Waals surface area contributed by atoms with Crippen LogP contribution in [0.25, 0.3) is 5.82 Å². The van der Waals surface area contributed by atoms with Crippen LogP contribution in [-0.4, -0.2) is 65.1 Å². The molecule has 3 aromatic rings. The van der Waals surface area contributed by atoms with E-state index >= 15 is 0 Å². The average Bonchev–Trinajstić information content (AvgIpc) is 3.23. The van der Waals surface area contributed by atoms with Crippen LogP contribution >= 0.6 is 0 Å². The number of anilines is 1. The molecule has 0 spiro atoms. The molecule has 10 heteroatoms. The SMILES string of the molecule is Cc1cc(C)n(-c2cc(N3CCN(C4=NS(=O)(=O)c5ccccc54)CC3)nc(C)n2)n1. The van der Waals surface area contributed by atoms with Gasteiger partial charge in [0.15, 0.2) is 11.7 Å². The quantitative estimate of drug-likeness (QED) is 0.604. The van der Waals surface area contributed by atoms with Crippen molar-refractivity contribution in [2.45, 2.75) is 25.7 Å². The van der Waals surface area contributed by atoms with Crippen molar-refractivity contribution in [2.75, 3.05) is 31.1 Å². The highest BCUT2D eigenvalue weighted by Gasteiger charge is 2.33. The Balaban J connectivity index is 1.38. The van der Waals surface area contributed by atoms with E-state index < -0.39 is 10.0 Å². The van der Waals surface area contributed by atoms with Crippen LogP contribution < -0.4 is 4.90 Å². The fourth-order valence-corrected chi connectivity index (χ4v) is 5.36. The Labute approximate surface area is 181 Å². The summed E-state index contributed by atoms with van der Waals surface area (Å²) in [4.78, 5) is 13.7. The second-order valence-corrected chi connectivity index (χ2v) is 9.40. The first-order valence-electron chi connectivity index (χ1n) is 10.2. The monoisotopic (exact) mass is 437 g/mol. The van der Waals surface area contributed by atoms with Gasteiger partial charge < -0.3 is 9.80 Å². The smallest absolute Gasteiger partial charge is 0.285 e. The standard InChI is InChI=1S/C21H23N7O2S/c1-14-12-15(2)28(24-14)20-13-19(22-16(3)23-20)26-8-10-27(11-9-26)21-17-6-4-5-7-18(17)31(29,30)25-21/h4-7,12-13H,8-11H2,1-3H3. The lowest BCUT2D eigenvalue weighted by Crippen LogP contribution is -2.49. The second kappa shape index (κ2) is 7.16. The fraction of sp³-hybridized carbons (Fsp3) is 0.333. The maximum atomic E-state index is 12.4. The Bertz CT molecular complexity index is 1310. The van der Waals surface area contributed by atoms with Gasteiger partial charge in [-0.3, -0.25) is 0 Å². The maximum absolute atomic E-state index is 12.4. The molecule has 160 valence electrons. The van der Waals surface area contributed by atoms with Crippen molar-refractivity contribution in [1.29, 1.82) is 0 Å². The van der Waals surface area contributed by atoms with Gasteiger partial charge >= 0.3 is 0 Å². The van der Waals surface area contributed by atoms with E-state index in [1.165, 1.54) is 0 Å². The predicted octanol–water partition coefficient (Wildman–Crippen LogP) is 1.86. The van der Waals surface area contributed by atoms with Gasteiger partial charge in [-0.1, -0.05) is 12.1 Å². The number of hydrogen-bond donors (Lipinski definition) is 0. The van der Waals surface area contributed by atoms with Gasteiger partial charge in [-0.05, 0) is 39.0 Å². The third kappa shape index (κ3) is 3.46. The normalized spacial score (nSPS) is 17.6. The van der Waals surface area contributed by atoms with Crippen LogP contribution in [-0.2, 0) is 10.0 Å². The Morgan fingerprint density at radius 1 is 0.871 bits per heavy atom. The molecular formula is C21H23N7O2S. The van der Waals surface area contributed by atoms with Crippen molar-refractivity contribution in [3.8, 4) is 5.82 Å². The Hall–Kier alpha value is -3.27. The van der Waals surface area contributed by atoms with Crippen molar-refractivity contribution in [3.05, 3.63) is 59.2 Å². The summed E-state index contributed by atoms with van der Waals surface area (Å²) < 4.78 is 30.6. The number of piperazine rings is 1.